The molecule has 0 bridgehead atoms. The monoisotopic (exact) mass is 465 g/mol. The lowest BCUT2D eigenvalue weighted by molar-refractivity contribution is -0.147. The molecule has 3 aliphatic rings. The lowest BCUT2D eigenvalue weighted by Gasteiger charge is -2.37. The highest BCUT2D eigenvalue weighted by Gasteiger charge is 2.46. The van der Waals surface area contributed by atoms with E-state index >= 15 is 0 Å². The molecule has 3 unspecified atom stereocenters. The Labute approximate surface area is 194 Å². The van der Waals surface area contributed by atoms with Crippen LogP contribution in [0.5, 0.6) is 0 Å². The molecule has 0 spiro atoms. The number of hydrogen-bond acceptors (Lipinski definition) is 8. The molecule has 4 heterocycles. The average Bonchev–Trinajstić information content (AvgIpc) is 3.56. The minimum atomic E-state index is -0.367. The van der Waals surface area contributed by atoms with Crippen molar-refractivity contribution in [3.63, 3.8) is 0 Å². The number of aromatic nitrogens is 1. The second kappa shape index (κ2) is 8.37. The standard InChI is InChI=1S/C24H23N3O5S/c28-22(11-16-13-33-24-25-18-7-3-2-6-17(18)23(29)27(16)24)30-12-15-10-21(32-26-15)20-9-14-5-1-4-8-19(14)31-20/h1,4-5,8-10,16-18H,2-3,6-7,11-13H2. The van der Waals surface area contributed by atoms with Gasteiger partial charge in [-0.25, -0.2) is 0 Å². The van der Waals surface area contributed by atoms with E-state index in [-0.39, 0.29) is 42.9 Å². The molecule has 33 heavy (non-hydrogen) atoms. The number of carbonyl (C=O) groups is 2. The van der Waals surface area contributed by atoms with Crippen molar-refractivity contribution in [2.24, 2.45) is 10.9 Å². The molecule has 0 N–H and O–H groups in total. The maximum atomic E-state index is 13.1. The third kappa shape index (κ3) is 3.84. The van der Waals surface area contributed by atoms with Gasteiger partial charge in [-0.3, -0.25) is 19.5 Å². The third-order valence-corrected chi connectivity index (χ3v) is 7.66. The fourth-order valence-electron chi connectivity index (χ4n) is 4.87. The zero-order chi connectivity index (χ0) is 22.4. The van der Waals surface area contributed by atoms with Gasteiger partial charge in [-0.1, -0.05) is 48.0 Å². The molecule has 2 aromatic heterocycles. The molecular weight excluding hydrogens is 442 g/mol. The quantitative estimate of drug-likeness (QED) is 0.515. The van der Waals surface area contributed by atoms with Crippen LogP contribution in [0.1, 0.15) is 37.8 Å². The normalized spacial score (nSPS) is 24.5. The Kier molecular flexibility index (Phi) is 5.21. The van der Waals surface area contributed by atoms with Gasteiger partial charge in [0.15, 0.2) is 10.9 Å². The van der Waals surface area contributed by atoms with Crippen LogP contribution < -0.4 is 0 Å². The second-order valence-electron chi connectivity index (χ2n) is 8.74. The van der Waals surface area contributed by atoms with Crippen LogP contribution in [-0.2, 0) is 20.9 Å². The van der Waals surface area contributed by atoms with Crippen molar-refractivity contribution in [2.45, 2.75) is 50.8 Å². The highest BCUT2D eigenvalue weighted by atomic mass is 32.2. The summed E-state index contributed by atoms with van der Waals surface area (Å²) in [5.41, 5.74) is 1.27. The minimum absolute atomic E-state index is 0.00200. The van der Waals surface area contributed by atoms with Gasteiger partial charge in [-0.15, -0.1) is 0 Å². The van der Waals surface area contributed by atoms with Crippen LogP contribution in [0.3, 0.4) is 0 Å². The van der Waals surface area contributed by atoms with Gasteiger partial charge >= 0.3 is 5.97 Å². The molecule has 9 heteroatoms. The molecule has 1 saturated carbocycles. The Balaban J connectivity index is 1.08. The number of carbonyl (C=O) groups excluding carboxylic acids is 2. The molecule has 8 nitrogen and oxygen atoms in total. The summed E-state index contributed by atoms with van der Waals surface area (Å²) in [4.78, 5) is 32.2. The first-order chi connectivity index (χ1) is 16.2. The maximum Gasteiger partial charge on any atom is 0.308 e. The zero-order valence-corrected chi connectivity index (χ0v) is 18.8. The van der Waals surface area contributed by atoms with Crippen molar-refractivity contribution in [3.05, 3.63) is 42.1 Å². The summed E-state index contributed by atoms with van der Waals surface area (Å²) in [6, 6.07) is 11.2. The van der Waals surface area contributed by atoms with Crippen molar-refractivity contribution < 1.29 is 23.3 Å². The number of fused-ring (bicyclic) bond motifs is 3. The van der Waals surface area contributed by atoms with E-state index in [4.69, 9.17) is 18.7 Å². The Morgan fingerprint density at radius 1 is 1.18 bits per heavy atom. The molecular formula is C24H23N3O5S. The smallest absolute Gasteiger partial charge is 0.308 e. The summed E-state index contributed by atoms with van der Waals surface area (Å²) in [7, 11) is 0. The zero-order valence-electron chi connectivity index (χ0n) is 17.9. The topological polar surface area (TPSA) is 98.1 Å². The molecule has 6 rings (SSSR count). The van der Waals surface area contributed by atoms with Crippen LogP contribution in [0.4, 0.5) is 0 Å². The molecule has 2 aliphatic heterocycles. The van der Waals surface area contributed by atoms with Gasteiger partial charge < -0.3 is 13.7 Å². The van der Waals surface area contributed by atoms with Gasteiger partial charge in [-0.2, -0.15) is 0 Å². The number of para-hydroxylation sites is 1. The van der Waals surface area contributed by atoms with Gasteiger partial charge in [0.05, 0.1) is 24.4 Å². The number of amidine groups is 1. The number of hydrogen-bond donors (Lipinski definition) is 0. The van der Waals surface area contributed by atoms with Gasteiger partial charge in [-0.05, 0) is 25.0 Å². The number of furan rings is 1. The van der Waals surface area contributed by atoms with E-state index in [9.17, 15) is 9.59 Å². The van der Waals surface area contributed by atoms with E-state index < -0.39 is 0 Å². The molecule has 1 aliphatic carbocycles. The summed E-state index contributed by atoms with van der Waals surface area (Å²) in [6.45, 7) is 0.00200. The van der Waals surface area contributed by atoms with E-state index in [1.54, 1.807) is 22.7 Å². The number of rotatable bonds is 5. The number of aliphatic imine (C=N–C) groups is 1. The highest BCUT2D eigenvalue weighted by molar-refractivity contribution is 8.14. The van der Waals surface area contributed by atoms with Crippen LogP contribution in [0.2, 0.25) is 0 Å². The van der Waals surface area contributed by atoms with Crippen molar-refractivity contribution in [1.29, 1.82) is 0 Å². The summed E-state index contributed by atoms with van der Waals surface area (Å²) in [6.07, 6.45) is 4.21. The largest absolute Gasteiger partial charge is 0.459 e. The first kappa shape index (κ1) is 20.5. The number of ether oxygens (including phenoxy) is 1. The predicted octanol–water partition coefficient (Wildman–Crippen LogP) is 4.39. The maximum absolute atomic E-state index is 13.1. The van der Waals surface area contributed by atoms with Gasteiger partial charge in [0.1, 0.15) is 17.9 Å². The molecule has 0 radical (unpaired) electrons. The number of benzene rings is 1. The van der Waals surface area contributed by atoms with E-state index in [0.717, 1.165) is 41.8 Å². The van der Waals surface area contributed by atoms with Crippen molar-refractivity contribution in [2.75, 3.05) is 5.75 Å². The fraction of sp³-hybridized carbons (Fsp3) is 0.417. The summed E-state index contributed by atoms with van der Waals surface area (Å²) in [5.74, 6) is 1.44. The van der Waals surface area contributed by atoms with Crippen molar-refractivity contribution >= 4 is 39.8 Å². The molecule has 170 valence electrons. The molecule has 3 aromatic rings. The second-order valence-corrected chi connectivity index (χ2v) is 9.73. The highest BCUT2D eigenvalue weighted by Crippen LogP contribution is 2.38. The average molecular weight is 466 g/mol. The SMILES string of the molecule is O=C(CC1CSC2=NC3CCCCC3C(=O)N21)OCc1cc(-c2cc3ccccc3o2)on1. The van der Waals surface area contributed by atoms with E-state index in [0.29, 0.717) is 23.0 Å². The molecule has 3 atom stereocenters. The predicted molar refractivity (Wildman–Crippen MR) is 122 cm³/mol. The first-order valence-electron chi connectivity index (χ1n) is 11.3. The van der Waals surface area contributed by atoms with Crippen LogP contribution in [0.25, 0.3) is 22.5 Å². The van der Waals surface area contributed by atoms with E-state index in [1.807, 2.05) is 30.3 Å². The van der Waals surface area contributed by atoms with Crippen LogP contribution in [-0.4, -0.2) is 44.9 Å². The van der Waals surface area contributed by atoms with E-state index in [2.05, 4.69) is 5.16 Å². The molecule has 2 fully saturated rings. The molecule has 1 saturated heterocycles. The fourth-order valence-corrected chi connectivity index (χ4v) is 6.07. The number of thioether (sulfide) groups is 1. The van der Waals surface area contributed by atoms with Crippen LogP contribution >= 0.6 is 11.8 Å². The first-order valence-corrected chi connectivity index (χ1v) is 12.3. The van der Waals surface area contributed by atoms with Crippen molar-refractivity contribution in [3.8, 4) is 11.5 Å². The van der Waals surface area contributed by atoms with E-state index in [1.165, 1.54) is 0 Å². The van der Waals surface area contributed by atoms with Crippen LogP contribution in [0.15, 0.2) is 50.3 Å². The molecule has 1 aromatic carbocycles. The van der Waals surface area contributed by atoms with Crippen molar-refractivity contribution in [1.82, 2.24) is 10.1 Å². The lowest BCUT2D eigenvalue weighted by Crippen LogP contribution is -2.50. The number of amides is 1. The lowest BCUT2D eigenvalue weighted by atomic mass is 9.83. The minimum Gasteiger partial charge on any atom is -0.459 e. The number of esters is 1. The summed E-state index contributed by atoms with van der Waals surface area (Å²) < 4.78 is 16.6. The molecule has 1 amide bonds. The summed E-state index contributed by atoms with van der Waals surface area (Å²) >= 11 is 1.56. The summed E-state index contributed by atoms with van der Waals surface area (Å²) in [5, 5.41) is 5.73. The Morgan fingerprint density at radius 3 is 2.97 bits per heavy atom. The number of nitrogens with zero attached hydrogens (tertiary/aromatic N) is 3. The van der Waals surface area contributed by atoms with Gasteiger partial charge in [0.2, 0.25) is 11.7 Å². The Hall–Kier alpha value is -3.07. The van der Waals surface area contributed by atoms with Crippen LogP contribution in [0, 0.1) is 5.92 Å². The van der Waals surface area contributed by atoms with Gasteiger partial charge in [0, 0.05) is 17.2 Å². The Bertz CT molecular complexity index is 1210. The third-order valence-electron chi connectivity index (χ3n) is 6.55. The Morgan fingerprint density at radius 2 is 2.06 bits per heavy atom. The van der Waals surface area contributed by atoms with Gasteiger partial charge in [0.25, 0.3) is 0 Å².